The molecule has 5 nitrogen and oxygen atoms in total. The van der Waals surface area contributed by atoms with Crippen LogP contribution in [0.5, 0.6) is 0 Å². The summed E-state index contributed by atoms with van der Waals surface area (Å²) in [5.41, 5.74) is 1.78. The Kier molecular flexibility index (Phi) is 4.16. The first-order valence-corrected chi connectivity index (χ1v) is 6.48. The first-order valence-electron chi connectivity index (χ1n) is 6.48. The van der Waals surface area contributed by atoms with Crippen molar-refractivity contribution in [1.29, 1.82) is 0 Å². The molecule has 0 aliphatic carbocycles. The molecule has 2 heterocycles. The highest BCUT2D eigenvalue weighted by Gasteiger charge is 2.17. The van der Waals surface area contributed by atoms with E-state index in [1.54, 1.807) is 0 Å². The molecule has 5 heteroatoms. The number of carbonyl (C=O) groups is 1. The Balaban J connectivity index is 2.17. The Morgan fingerprint density at radius 3 is 2.95 bits per heavy atom. The van der Waals surface area contributed by atoms with Crippen molar-refractivity contribution in [2.45, 2.75) is 32.9 Å². The van der Waals surface area contributed by atoms with Gasteiger partial charge in [0.2, 0.25) is 0 Å². The zero-order valence-corrected chi connectivity index (χ0v) is 11.3. The smallest absolute Gasteiger partial charge is 0.317 e. The first kappa shape index (κ1) is 13.5. The van der Waals surface area contributed by atoms with Crippen LogP contribution in [0, 0.1) is 0 Å². The van der Waals surface area contributed by atoms with Crippen molar-refractivity contribution in [3.05, 3.63) is 36.3 Å². The number of carboxylic acid groups (broad SMARTS) is 1. The van der Waals surface area contributed by atoms with Gasteiger partial charge in [0.1, 0.15) is 5.65 Å². The van der Waals surface area contributed by atoms with Crippen molar-refractivity contribution < 1.29 is 9.90 Å². The van der Waals surface area contributed by atoms with Gasteiger partial charge in [0.05, 0.1) is 12.2 Å². The second kappa shape index (κ2) is 5.84. The molecule has 19 heavy (non-hydrogen) atoms. The number of imidazole rings is 1. The van der Waals surface area contributed by atoms with Gasteiger partial charge in [-0.25, -0.2) is 4.98 Å². The summed E-state index contributed by atoms with van der Waals surface area (Å²) in [7, 11) is 0. The fraction of sp³-hybridized carbons (Fsp3) is 0.429. The highest BCUT2D eigenvalue weighted by atomic mass is 16.4. The fourth-order valence-electron chi connectivity index (χ4n) is 2.07. The monoisotopic (exact) mass is 261 g/mol. The molecule has 1 N–H and O–H groups in total. The minimum Gasteiger partial charge on any atom is -0.480 e. The zero-order valence-electron chi connectivity index (χ0n) is 11.3. The summed E-state index contributed by atoms with van der Waals surface area (Å²) in [6, 6.07) is 6.05. The average Bonchev–Trinajstić information content (AvgIpc) is 2.78. The Morgan fingerprint density at radius 1 is 1.53 bits per heavy atom. The number of carboxylic acids is 1. The molecule has 0 aromatic carbocycles. The maximum atomic E-state index is 10.9. The van der Waals surface area contributed by atoms with Crippen molar-refractivity contribution in [2.75, 3.05) is 6.54 Å². The van der Waals surface area contributed by atoms with Crippen LogP contribution in [0.4, 0.5) is 0 Å². The van der Waals surface area contributed by atoms with Crippen LogP contribution >= 0.6 is 0 Å². The van der Waals surface area contributed by atoms with Crippen LogP contribution in [0.3, 0.4) is 0 Å². The maximum absolute atomic E-state index is 10.9. The molecule has 0 aliphatic rings. The summed E-state index contributed by atoms with van der Waals surface area (Å²) >= 11 is 0. The topological polar surface area (TPSA) is 57.8 Å². The predicted octanol–water partition coefficient (Wildman–Crippen LogP) is 2.02. The van der Waals surface area contributed by atoms with Crippen LogP contribution in [-0.4, -0.2) is 37.9 Å². The molecule has 2 aromatic heterocycles. The molecule has 0 spiro atoms. The van der Waals surface area contributed by atoms with E-state index in [4.69, 9.17) is 5.11 Å². The summed E-state index contributed by atoms with van der Waals surface area (Å²) in [6.45, 7) is 4.70. The van der Waals surface area contributed by atoms with Crippen LogP contribution in [0.25, 0.3) is 5.65 Å². The molecule has 1 unspecified atom stereocenters. The lowest BCUT2D eigenvalue weighted by Gasteiger charge is -2.25. The maximum Gasteiger partial charge on any atom is 0.317 e. The largest absolute Gasteiger partial charge is 0.480 e. The van der Waals surface area contributed by atoms with E-state index in [1.165, 1.54) is 0 Å². The molecule has 1 atom stereocenters. The standard InChI is InChI=1S/C14H19N3O2/c1-3-11(2)17(10-14(18)19)9-12-8-16-7-5-4-6-13(16)15-12/h4-8,11H,3,9-10H2,1-2H3,(H,18,19). The van der Waals surface area contributed by atoms with Gasteiger partial charge >= 0.3 is 5.97 Å². The molecule has 0 bridgehead atoms. The minimum atomic E-state index is -0.802. The number of hydrogen-bond acceptors (Lipinski definition) is 3. The van der Waals surface area contributed by atoms with Gasteiger partial charge in [0, 0.05) is 25.0 Å². The predicted molar refractivity (Wildman–Crippen MR) is 73.0 cm³/mol. The van der Waals surface area contributed by atoms with Gasteiger partial charge in [0.25, 0.3) is 0 Å². The van der Waals surface area contributed by atoms with Crippen molar-refractivity contribution in [2.24, 2.45) is 0 Å². The third kappa shape index (κ3) is 3.32. The number of rotatable bonds is 6. The van der Waals surface area contributed by atoms with Gasteiger partial charge in [0.15, 0.2) is 0 Å². The van der Waals surface area contributed by atoms with Gasteiger partial charge in [-0.2, -0.15) is 0 Å². The number of hydrogen-bond donors (Lipinski definition) is 1. The number of nitrogens with zero attached hydrogens (tertiary/aromatic N) is 3. The molecule has 102 valence electrons. The number of fused-ring (bicyclic) bond motifs is 1. The molecule has 2 rings (SSSR count). The van der Waals surface area contributed by atoms with Crippen LogP contribution in [0.2, 0.25) is 0 Å². The third-order valence-electron chi connectivity index (χ3n) is 3.33. The molecule has 0 amide bonds. The second-order valence-electron chi connectivity index (χ2n) is 4.75. The summed E-state index contributed by atoms with van der Waals surface area (Å²) in [6.07, 6.45) is 4.81. The summed E-state index contributed by atoms with van der Waals surface area (Å²) in [5.74, 6) is -0.802. The van der Waals surface area contributed by atoms with E-state index in [1.807, 2.05) is 46.8 Å². The lowest BCUT2D eigenvalue weighted by molar-refractivity contribution is -0.139. The Bertz CT molecular complexity index is 532. The Morgan fingerprint density at radius 2 is 2.32 bits per heavy atom. The van der Waals surface area contributed by atoms with Crippen LogP contribution in [0.15, 0.2) is 30.6 Å². The van der Waals surface area contributed by atoms with E-state index in [0.29, 0.717) is 6.54 Å². The Labute approximate surface area is 112 Å². The van der Waals surface area contributed by atoms with Crippen LogP contribution in [-0.2, 0) is 11.3 Å². The lowest BCUT2D eigenvalue weighted by atomic mass is 10.2. The van der Waals surface area contributed by atoms with Crippen LogP contribution < -0.4 is 0 Å². The van der Waals surface area contributed by atoms with Gasteiger partial charge in [-0.05, 0) is 25.5 Å². The lowest BCUT2D eigenvalue weighted by Crippen LogP contribution is -2.36. The molecule has 2 aromatic rings. The van der Waals surface area contributed by atoms with E-state index < -0.39 is 5.97 Å². The fourth-order valence-corrected chi connectivity index (χ4v) is 2.07. The number of aliphatic carboxylic acids is 1. The van der Waals surface area contributed by atoms with E-state index in [2.05, 4.69) is 11.9 Å². The van der Waals surface area contributed by atoms with Crippen molar-refractivity contribution in [3.8, 4) is 0 Å². The molecule has 0 fully saturated rings. The van der Waals surface area contributed by atoms with Crippen molar-refractivity contribution >= 4 is 11.6 Å². The highest BCUT2D eigenvalue weighted by Crippen LogP contribution is 2.11. The average molecular weight is 261 g/mol. The first-order chi connectivity index (χ1) is 9.10. The van der Waals surface area contributed by atoms with E-state index in [9.17, 15) is 4.79 Å². The molecule has 0 radical (unpaired) electrons. The molecular formula is C14H19N3O2. The normalized spacial score (nSPS) is 13.0. The van der Waals surface area contributed by atoms with Gasteiger partial charge < -0.3 is 9.51 Å². The van der Waals surface area contributed by atoms with Crippen molar-refractivity contribution in [1.82, 2.24) is 14.3 Å². The SMILES string of the molecule is CCC(C)N(CC(=O)O)Cc1cn2ccccc2n1. The minimum absolute atomic E-state index is 0.0445. The quantitative estimate of drug-likeness (QED) is 0.864. The third-order valence-corrected chi connectivity index (χ3v) is 3.33. The molecule has 0 aliphatic heterocycles. The van der Waals surface area contributed by atoms with Gasteiger partial charge in [-0.3, -0.25) is 9.69 Å². The van der Waals surface area contributed by atoms with Crippen LogP contribution in [0.1, 0.15) is 26.0 Å². The molecule has 0 saturated heterocycles. The summed E-state index contributed by atoms with van der Waals surface area (Å²) in [4.78, 5) is 17.4. The summed E-state index contributed by atoms with van der Waals surface area (Å²) < 4.78 is 1.95. The molecule has 0 saturated carbocycles. The molecular weight excluding hydrogens is 242 g/mol. The van der Waals surface area contributed by atoms with Gasteiger partial charge in [-0.15, -0.1) is 0 Å². The second-order valence-corrected chi connectivity index (χ2v) is 4.75. The van der Waals surface area contributed by atoms with E-state index >= 15 is 0 Å². The number of pyridine rings is 1. The van der Waals surface area contributed by atoms with E-state index in [0.717, 1.165) is 17.8 Å². The van der Waals surface area contributed by atoms with Crippen molar-refractivity contribution in [3.63, 3.8) is 0 Å². The van der Waals surface area contributed by atoms with Gasteiger partial charge in [-0.1, -0.05) is 13.0 Å². The Hall–Kier alpha value is -1.88. The highest BCUT2D eigenvalue weighted by molar-refractivity contribution is 5.69. The van der Waals surface area contributed by atoms with E-state index in [-0.39, 0.29) is 12.6 Å². The zero-order chi connectivity index (χ0) is 13.8. The summed E-state index contributed by atoms with van der Waals surface area (Å²) in [5, 5.41) is 8.98. The number of aromatic nitrogens is 2.